The normalized spacial score (nSPS) is 21.1. The highest BCUT2D eigenvalue weighted by atomic mass is 16.5. The molecule has 2 saturated heterocycles. The molecular weight excluding hydrogens is 278 g/mol. The Morgan fingerprint density at radius 2 is 2.00 bits per heavy atom. The number of amides is 1. The van der Waals surface area contributed by atoms with Crippen LogP contribution in [0.5, 0.6) is 0 Å². The zero-order chi connectivity index (χ0) is 15.4. The summed E-state index contributed by atoms with van der Waals surface area (Å²) in [5.41, 5.74) is 2.52. The van der Waals surface area contributed by atoms with E-state index in [2.05, 4.69) is 46.7 Å². The maximum Gasteiger partial charge on any atom is 0.225 e. The highest BCUT2D eigenvalue weighted by Gasteiger charge is 2.27. The zero-order valence-corrected chi connectivity index (χ0v) is 13.2. The van der Waals surface area contributed by atoms with Crippen molar-refractivity contribution >= 4 is 5.91 Å². The predicted molar refractivity (Wildman–Crippen MR) is 85.7 cm³/mol. The van der Waals surface area contributed by atoms with Crippen molar-refractivity contribution in [2.45, 2.75) is 13.0 Å². The molecule has 120 valence electrons. The van der Waals surface area contributed by atoms with Crippen molar-refractivity contribution in [1.82, 2.24) is 15.5 Å². The van der Waals surface area contributed by atoms with Crippen molar-refractivity contribution in [2.75, 3.05) is 45.9 Å². The maximum absolute atomic E-state index is 12.1. The molecule has 5 heteroatoms. The molecule has 1 atom stereocenters. The van der Waals surface area contributed by atoms with Gasteiger partial charge in [0.2, 0.25) is 5.91 Å². The SMILES string of the molecule is Cc1ccc(C(CNC(=O)C2CNC2)N2CCOCC2)cc1. The fourth-order valence-electron chi connectivity index (χ4n) is 2.95. The number of carbonyl (C=O) groups excluding carboxylic acids is 1. The van der Waals surface area contributed by atoms with E-state index in [0.29, 0.717) is 6.54 Å². The van der Waals surface area contributed by atoms with Crippen LogP contribution < -0.4 is 10.6 Å². The van der Waals surface area contributed by atoms with E-state index in [4.69, 9.17) is 4.74 Å². The van der Waals surface area contributed by atoms with Crippen LogP contribution in [0.3, 0.4) is 0 Å². The number of hydrogen-bond donors (Lipinski definition) is 2. The summed E-state index contributed by atoms with van der Waals surface area (Å²) in [6.07, 6.45) is 0. The molecule has 0 bridgehead atoms. The van der Waals surface area contributed by atoms with Crippen LogP contribution in [0.15, 0.2) is 24.3 Å². The lowest BCUT2D eigenvalue weighted by atomic mass is 10.0. The van der Waals surface area contributed by atoms with Gasteiger partial charge in [-0.25, -0.2) is 0 Å². The van der Waals surface area contributed by atoms with Crippen LogP contribution in [-0.2, 0) is 9.53 Å². The third-order valence-electron chi connectivity index (χ3n) is 4.57. The molecule has 2 fully saturated rings. The van der Waals surface area contributed by atoms with E-state index in [1.807, 2.05) is 0 Å². The fourth-order valence-corrected chi connectivity index (χ4v) is 2.95. The first-order valence-corrected chi connectivity index (χ1v) is 8.11. The standard InChI is InChI=1S/C17H25N3O2/c1-13-2-4-14(5-3-13)16(20-6-8-22-9-7-20)12-19-17(21)15-10-18-11-15/h2-5,15-16,18H,6-12H2,1H3,(H,19,21). The number of nitrogens with one attached hydrogen (secondary N) is 2. The van der Waals surface area contributed by atoms with Crippen molar-refractivity contribution in [2.24, 2.45) is 5.92 Å². The molecule has 3 rings (SSSR count). The van der Waals surface area contributed by atoms with Gasteiger partial charge in [-0.05, 0) is 12.5 Å². The lowest BCUT2D eigenvalue weighted by Gasteiger charge is -2.35. The Balaban J connectivity index is 1.67. The molecule has 2 aliphatic heterocycles. The van der Waals surface area contributed by atoms with Gasteiger partial charge >= 0.3 is 0 Å². The van der Waals surface area contributed by atoms with Gasteiger partial charge in [0.15, 0.2) is 0 Å². The minimum absolute atomic E-state index is 0.142. The van der Waals surface area contributed by atoms with E-state index in [1.54, 1.807) is 0 Å². The summed E-state index contributed by atoms with van der Waals surface area (Å²) in [5, 5.41) is 6.28. The van der Waals surface area contributed by atoms with E-state index in [9.17, 15) is 4.79 Å². The van der Waals surface area contributed by atoms with Crippen LogP contribution in [0, 0.1) is 12.8 Å². The first kappa shape index (κ1) is 15.5. The van der Waals surface area contributed by atoms with Crippen LogP contribution >= 0.6 is 0 Å². The van der Waals surface area contributed by atoms with Gasteiger partial charge in [-0.3, -0.25) is 9.69 Å². The van der Waals surface area contributed by atoms with Crippen LogP contribution in [0.25, 0.3) is 0 Å². The molecule has 22 heavy (non-hydrogen) atoms. The molecular formula is C17H25N3O2. The molecule has 0 aromatic heterocycles. The summed E-state index contributed by atoms with van der Waals surface area (Å²) < 4.78 is 5.46. The zero-order valence-electron chi connectivity index (χ0n) is 13.2. The molecule has 0 aliphatic carbocycles. The second-order valence-electron chi connectivity index (χ2n) is 6.18. The second-order valence-corrected chi connectivity index (χ2v) is 6.18. The van der Waals surface area contributed by atoms with Gasteiger partial charge in [0.1, 0.15) is 0 Å². The average Bonchev–Trinajstić information content (AvgIpc) is 2.48. The molecule has 1 aromatic carbocycles. The first-order valence-electron chi connectivity index (χ1n) is 8.11. The molecule has 2 heterocycles. The predicted octanol–water partition coefficient (Wildman–Crippen LogP) is 0.704. The quantitative estimate of drug-likeness (QED) is 0.841. The monoisotopic (exact) mass is 303 g/mol. The number of benzene rings is 1. The Morgan fingerprint density at radius 3 is 2.59 bits per heavy atom. The number of rotatable bonds is 5. The van der Waals surface area contributed by atoms with Gasteiger partial charge in [0, 0.05) is 32.7 Å². The van der Waals surface area contributed by atoms with Crippen LogP contribution in [-0.4, -0.2) is 56.7 Å². The van der Waals surface area contributed by atoms with Gasteiger partial charge in [-0.2, -0.15) is 0 Å². The molecule has 2 aliphatic rings. The van der Waals surface area contributed by atoms with Crippen molar-refractivity contribution in [3.8, 4) is 0 Å². The third-order valence-corrected chi connectivity index (χ3v) is 4.57. The summed E-state index contributed by atoms with van der Waals surface area (Å²) in [4.78, 5) is 14.5. The van der Waals surface area contributed by atoms with E-state index in [0.717, 1.165) is 39.4 Å². The maximum atomic E-state index is 12.1. The molecule has 1 amide bonds. The Kier molecular flexibility index (Phi) is 5.08. The highest BCUT2D eigenvalue weighted by Crippen LogP contribution is 2.22. The smallest absolute Gasteiger partial charge is 0.225 e. The summed E-state index contributed by atoms with van der Waals surface area (Å²) in [6.45, 7) is 7.74. The van der Waals surface area contributed by atoms with Crippen LogP contribution in [0.4, 0.5) is 0 Å². The van der Waals surface area contributed by atoms with Gasteiger partial charge in [-0.15, -0.1) is 0 Å². The highest BCUT2D eigenvalue weighted by molar-refractivity contribution is 5.80. The molecule has 0 radical (unpaired) electrons. The van der Waals surface area contributed by atoms with Crippen LogP contribution in [0.2, 0.25) is 0 Å². The molecule has 1 aromatic rings. The summed E-state index contributed by atoms with van der Waals surface area (Å²) in [7, 11) is 0. The van der Waals surface area contributed by atoms with Gasteiger partial charge in [-0.1, -0.05) is 29.8 Å². The number of aryl methyl sites for hydroxylation is 1. The summed E-state index contributed by atoms with van der Waals surface area (Å²) >= 11 is 0. The summed E-state index contributed by atoms with van der Waals surface area (Å²) in [5.74, 6) is 0.312. The van der Waals surface area contributed by atoms with Gasteiger partial charge in [0.05, 0.1) is 25.2 Å². The lowest BCUT2D eigenvalue weighted by Crippen LogP contribution is -2.52. The third kappa shape index (κ3) is 3.66. The lowest BCUT2D eigenvalue weighted by molar-refractivity contribution is -0.126. The molecule has 0 saturated carbocycles. The molecule has 0 spiro atoms. The molecule has 1 unspecified atom stereocenters. The Labute approximate surface area is 132 Å². The fraction of sp³-hybridized carbons (Fsp3) is 0.588. The van der Waals surface area contributed by atoms with E-state index in [1.165, 1.54) is 11.1 Å². The Bertz CT molecular complexity index is 493. The number of nitrogens with zero attached hydrogens (tertiary/aromatic N) is 1. The average molecular weight is 303 g/mol. The molecule has 5 nitrogen and oxygen atoms in total. The minimum Gasteiger partial charge on any atom is -0.379 e. The Morgan fingerprint density at radius 1 is 1.32 bits per heavy atom. The van der Waals surface area contributed by atoms with E-state index >= 15 is 0 Å². The van der Waals surface area contributed by atoms with Crippen LogP contribution in [0.1, 0.15) is 17.2 Å². The molecule has 2 N–H and O–H groups in total. The topological polar surface area (TPSA) is 53.6 Å². The van der Waals surface area contributed by atoms with E-state index in [-0.39, 0.29) is 17.9 Å². The number of morpholine rings is 1. The summed E-state index contributed by atoms with van der Waals surface area (Å²) in [6, 6.07) is 8.85. The largest absolute Gasteiger partial charge is 0.379 e. The number of ether oxygens (including phenoxy) is 1. The van der Waals surface area contributed by atoms with Crippen molar-refractivity contribution in [3.63, 3.8) is 0 Å². The second kappa shape index (κ2) is 7.22. The van der Waals surface area contributed by atoms with E-state index < -0.39 is 0 Å². The van der Waals surface area contributed by atoms with Gasteiger partial charge in [0.25, 0.3) is 0 Å². The first-order chi connectivity index (χ1) is 10.7. The number of carbonyl (C=O) groups is 1. The number of hydrogen-bond acceptors (Lipinski definition) is 4. The van der Waals surface area contributed by atoms with Gasteiger partial charge < -0.3 is 15.4 Å². The minimum atomic E-state index is 0.142. The Hall–Kier alpha value is -1.43. The van der Waals surface area contributed by atoms with Crippen molar-refractivity contribution in [3.05, 3.63) is 35.4 Å². The van der Waals surface area contributed by atoms with Crippen molar-refractivity contribution < 1.29 is 9.53 Å². The van der Waals surface area contributed by atoms with Crippen molar-refractivity contribution in [1.29, 1.82) is 0 Å².